The lowest BCUT2D eigenvalue weighted by atomic mass is 10.0. The van der Waals surface area contributed by atoms with Gasteiger partial charge in [0.05, 0.1) is 0 Å². The summed E-state index contributed by atoms with van der Waals surface area (Å²) in [7, 11) is 0. The van der Waals surface area contributed by atoms with Crippen LogP contribution in [0.3, 0.4) is 0 Å². The molecule has 0 spiro atoms. The minimum atomic E-state index is -0.383. The Bertz CT molecular complexity index is 457. The van der Waals surface area contributed by atoms with Gasteiger partial charge in [-0.25, -0.2) is 0 Å². The van der Waals surface area contributed by atoms with E-state index in [1.165, 1.54) is 0 Å². The van der Waals surface area contributed by atoms with Crippen molar-refractivity contribution in [3.05, 3.63) is 46.7 Å². The summed E-state index contributed by atoms with van der Waals surface area (Å²) in [4.78, 5) is 11.1. The summed E-state index contributed by atoms with van der Waals surface area (Å²) in [5.41, 5.74) is 7.81. The second kappa shape index (κ2) is 6.53. The van der Waals surface area contributed by atoms with Crippen LogP contribution in [0.2, 0.25) is 0 Å². The van der Waals surface area contributed by atoms with E-state index < -0.39 is 0 Å². The van der Waals surface area contributed by atoms with E-state index in [-0.39, 0.29) is 30.7 Å². The van der Waals surface area contributed by atoms with Crippen molar-refractivity contribution in [1.29, 1.82) is 0 Å². The first-order valence-electron chi connectivity index (χ1n) is 4.20. The molecule has 1 aromatic heterocycles. The summed E-state index contributed by atoms with van der Waals surface area (Å²) in [5.74, 6) is -0.383. The van der Waals surface area contributed by atoms with Gasteiger partial charge < -0.3 is 5.73 Å². The minimum Gasteiger partial charge on any atom is -0.366 e. The van der Waals surface area contributed by atoms with Gasteiger partial charge in [-0.2, -0.15) is 11.3 Å². The number of carbonyl (C=O) groups is 1. The topological polar surface area (TPSA) is 43.1 Å². The van der Waals surface area contributed by atoms with Crippen LogP contribution in [0.1, 0.15) is 10.4 Å². The van der Waals surface area contributed by atoms with E-state index in [1.807, 2.05) is 35.0 Å². The van der Waals surface area contributed by atoms with Crippen molar-refractivity contribution in [2.24, 2.45) is 5.73 Å². The molecule has 0 aliphatic heterocycles. The van der Waals surface area contributed by atoms with Gasteiger partial charge in [0.25, 0.3) is 0 Å². The van der Waals surface area contributed by atoms with Gasteiger partial charge in [-0.3, -0.25) is 4.79 Å². The third-order valence-corrected chi connectivity index (χ3v) is 2.71. The monoisotopic (exact) mass is 275 g/mol. The Labute approximate surface area is 110 Å². The Morgan fingerprint density at radius 1 is 1.12 bits per heavy atom. The van der Waals surface area contributed by atoms with Crippen molar-refractivity contribution in [3.63, 3.8) is 0 Å². The molecule has 0 saturated carbocycles. The third-order valence-electron chi connectivity index (χ3n) is 2.02. The Balaban J connectivity index is 0.00000112. The molecule has 0 unspecified atom stereocenters. The zero-order chi connectivity index (χ0) is 9.97. The smallest absolute Gasteiger partial charge is 0.249 e. The zero-order valence-corrected chi connectivity index (χ0v) is 10.7. The molecule has 0 aliphatic rings. The lowest BCUT2D eigenvalue weighted by Gasteiger charge is -2.03. The normalized spacial score (nSPS) is 8.75. The molecule has 0 atom stereocenters. The first kappa shape index (κ1) is 15.0. The van der Waals surface area contributed by atoms with Crippen molar-refractivity contribution in [1.82, 2.24) is 0 Å². The Hall–Kier alpha value is -1.03. The Kier molecular flexibility index (Phi) is 6.11. The molecular weight excluding hydrogens is 265 g/mol. The first-order valence-corrected chi connectivity index (χ1v) is 5.15. The molecule has 2 N–H and O–H groups in total. The second-order valence-electron chi connectivity index (χ2n) is 2.92. The molecule has 2 nitrogen and oxygen atoms in total. The number of thiophene rings is 1. The summed E-state index contributed by atoms with van der Waals surface area (Å²) in [6, 6.07) is 9.35. The molecule has 1 aromatic carbocycles. The largest absolute Gasteiger partial charge is 0.366 e. The van der Waals surface area contributed by atoms with Crippen molar-refractivity contribution in [2.45, 2.75) is 0 Å². The number of nitrogens with two attached hydrogens (primary N) is 1. The maximum atomic E-state index is 11.1. The van der Waals surface area contributed by atoms with E-state index >= 15 is 0 Å². The van der Waals surface area contributed by atoms with Crippen LogP contribution in [-0.4, -0.2) is 5.91 Å². The fraction of sp³-hybridized carbons (Fsp3) is 0. The van der Waals surface area contributed by atoms with Gasteiger partial charge in [-0.05, 0) is 34.0 Å². The highest BCUT2D eigenvalue weighted by Gasteiger charge is 2.08. The molecule has 2 aromatic rings. The maximum absolute atomic E-state index is 11.1. The average Bonchev–Trinajstić information content (AvgIpc) is 2.70. The number of primary amides is 1. The van der Waals surface area contributed by atoms with E-state index in [0.717, 1.165) is 11.1 Å². The van der Waals surface area contributed by atoms with Crippen LogP contribution < -0.4 is 5.73 Å². The predicted molar refractivity (Wildman–Crippen MR) is 72.8 cm³/mol. The molecule has 0 aliphatic carbocycles. The molecule has 1 amide bonds. The fourth-order valence-electron chi connectivity index (χ4n) is 1.37. The third kappa shape index (κ3) is 2.98. The van der Waals surface area contributed by atoms with Gasteiger partial charge in [0.1, 0.15) is 0 Å². The lowest BCUT2D eigenvalue weighted by Crippen LogP contribution is -2.11. The minimum absolute atomic E-state index is 0. The van der Waals surface area contributed by atoms with Crippen LogP contribution in [0.25, 0.3) is 11.1 Å². The molecule has 0 saturated heterocycles. The van der Waals surface area contributed by atoms with E-state index in [9.17, 15) is 4.79 Å². The van der Waals surface area contributed by atoms with Crippen LogP contribution in [0, 0.1) is 0 Å². The highest BCUT2D eigenvalue weighted by Crippen LogP contribution is 2.25. The van der Waals surface area contributed by atoms with Crippen LogP contribution in [0.4, 0.5) is 0 Å². The fourth-order valence-corrected chi connectivity index (χ4v) is 2.02. The highest BCUT2D eigenvalue weighted by molar-refractivity contribution is 7.08. The van der Waals surface area contributed by atoms with Crippen LogP contribution in [-0.2, 0) is 0 Å². The molecule has 16 heavy (non-hydrogen) atoms. The number of halogens is 2. The van der Waals surface area contributed by atoms with E-state index in [1.54, 1.807) is 17.4 Å². The lowest BCUT2D eigenvalue weighted by molar-refractivity contribution is 0.100. The van der Waals surface area contributed by atoms with Gasteiger partial charge in [-0.15, -0.1) is 24.8 Å². The summed E-state index contributed by atoms with van der Waals surface area (Å²) in [5, 5.41) is 3.98. The molecule has 2 rings (SSSR count). The quantitative estimate of drug-likeness (QED) is 0.898. The number of rotatable bonds is 2. The number of benzene rings is 1. The molecule has 1 heterocycles. The van der Waals surface area contributed by atoms with Gasteiger partial charge in [0.15, 0.2) is 0 Å². The van der Waals surface area contributed by atoms with E-state index in [0.29, 0.717) is 5.56 Å². The van der Waals surface area contributed by atoms with Gasteiger partial charge in [-0.1, -0.05) is 18.2 Å². The van der Waals surface area contributed by atoms with Gasteiger partial charge in [0, 0.05) is 5.56 Å². The summed E-state index contributed by atoms with van der Waals surface area (Å²) >= 11 is 1.60. The molecule has 5 heteroatoms. The number of amides is 1. The molecule has 0 bridgehead atoms. The molecule has 0 radical (unpaired) electrons. The standard InChI is InChI=1S/C11H9NOS.2ClH/c12-11(13)10-4-2-1-3-9(10)8-5-6-14-7-8;;/h1-7H,(H2,12,13);2*1H. The van der Waals surface area contributed by atoms with E-state index in [4.69, 9.17) is 5.73 Å². The van der Waals surface area contributed by atoms with Gasteiger partial charge >= 0.3 is 0 Å². The SMILES string of the molecule is Cl.Cl.NC(=O)c1ccccc1-c1ccsc1. The first-order chi connectivity index (χ1) is 6.79. The Morgan fingerprint density at radius 2 is 1.81 bits per heavy atom. The summed E-state index contributed by atoms with van der Waals surface area (Å²) in [6.45, 7) is 0. The second-order valence-corrected chi connectivity index (χ2v) is 3.70. The van der Waals surface area contributed by atoms with Crippen molar-refractivity contribution >= 4 is 42.1 Å². The molecular formula is C11H11Cl2NOS. The number of hydrogen-bond donors (Lipinski definition) is 1. The predicted octanol–water partition coefficient (Wildman–Crippen LogP) is 3.36. The molecule has 86 valence electrons. The van der Waals surface area contributed by atoms with E-state index in [2.05, 4.69) is 0 Å². The van der Waals surface area contributed by atoms with Crippen molar-refractivity contribution in [3.8, 4) is 11.1 Å². The average molecular weight is 276 g/mol. The van der Waals surface area contributed by atoms with Crippen LogP contribution >= 0.6 is 36.2 Å². The molecule has 0 fully saturated rings. The Morgan fingerprint density at radius 3 is 2.38 bits per heavy atom. The van der Waals surface area contributed by atoms with Crippen molar-refractivity contribution < 1.29 is 4.79 Å². The highest BCUT2D eigenvalue weighted by atomic mass is 35.5. The van der Waals surface area contributed by atoms with Crippen molar-refractivity contribution in [2.75, 3.05) is 0 Å². The summed E-state index contributed by atoms with van der Waals surface area (Å²) in [6.07, 6.45) is 0. The maximum Gasteiger partial charge on any atom is 0.249 e. The number of carbonyl (C=O) groups excluding carboxylic acids is 1. The van der Waals surface area contributed by atoms with Crippen LogP contribution in [0.15, 0.2) is 41.1 Å². The van der Waals surface area contributed by atoms with Gasteiger partial charge in [0.2, 0.25) is 5.91 Å². The summed E-state index contributed by atoms with van der Waals surface area (Å²) < 4.78 is 0. The van der Waals surface area contributed by atoms with Crippen LogP contribution in [0.5, 0.6) is 0 Å². The zero-order valence-electron chi connectivity index (χ0n) is 8.25. The number of hydrogen-bond acceptors (Lipinski definition) is 2.